The molecule has 12 heteroatoms. The minimum Gasteiger partial charge on any atom is -0.378 e. The first-order valence-electron chi connectivity index (χ1n) is 31.2. The second-order valence-corrected chi connectivity index (χ2v) is 26.4. The molecule has 5 aromatic carbocycles. The van der Waals surface area contributed by atoms with Gasteiger partial charge < -0.3 is 9.64 Å². The first kappa shape index (κ1) is 66.4. The molecular weight excluding hydrogens is 1030 g/mol. The zero-order chi connectivity index (χ0) is 59.2. The highest BCUT2D eigenvalue weighted by Gasteiger charge is 2.34. The molecule has 0 unspecified atom stereocenters. The number of piperidine rings is 2. The van der Waals surface area contributed by atoms with Crippen molar-refractivity contribution in [3.63, 3.8) is 0 Å². The predicted octanol–water partition coefficient (Wildman–Crippen LogP) is 13.7. The lowest BCUT2D eigenvalue weighted by molar-refractivity contribution is -0.132. The average molecular weight is 1140 g/mol. The lowest BCUT2D eigenvalue weighted by atomic mass is 9.94. The lowest BCUT2D eigenvalue weighted by Crippen LogP contribution is -2.52. The summed E-state index contributed by atoms with van der Waals surface area (Å²) in [5.74, 6) is 0.180. The van der Waals surface area contributed by atoms with E-state index in [9.17, 15) is 13.2 Å². The highest BCUT2D eigenvalue weighted by molar-refractivity contribution is 7.88. The molecule has 0 N–H and O–H groups in total. The van der Waals surface area contributed by atoms with E-state index in [4.69, 9.17) is 4.74 Å². The number of likely N-dealkylation sites (tertiary alicyclic amines) is 2. The van der Waals surface area contributed by atoms with Gasteiger partial charge in [-0.3, -0.25) is 29.3 Å². The van der Waals surface area contributed by atoms with E-state index in [1.165, 1.54) is 85.7 Å². The molecule has 450 valence electrons. The summed E-state index contributed by atoms with van der Waals surface area (Å²) in [6, 6.07) is 58.2. The van der Waals surface area contributed by atoms with Crippen molar-refractivity contribution in [2.75, 3.05) is 78.4 Å². The number of morpholine rings is 1. The summed E-state index contributed by atoms with van der Waals surface area (Å²) in [4.78, 5) is 26.2. The van der Waals surface area contributed by atoms with Crippen LogP contribution in [-0.4, -0.2) is 157 Å². The summed E-state index contributed by atoms with van der Waals surface area (Å²) in [6.07, 6.45) is 9.42. The molecule has 5 atom stereocenters. The number of carbonyl (C=O) groups is 1. The molecule has 0 aliphatic carbocycles. The van der Waals surface area contributed by atoms with Crippen molar-refractivity contribution >= 4 is 15.9 Å². The maximum Gasteiger partial charge on any atom is 0.219 e. The van der Waals surface area contributed by atoms with Crippen molar-refractivity contribution in [1.82, 2.24) is 33.7 Å². The maximum atomic E-state index is 11.7. The summed E-state index contributed by atoms with van der Waals surface area (Å²) >= 11 is 0. The third kappa shape index (κ3) is 19.9. The van der Waals surface area contributed by atoms with Crippen LogP contribution < -0.4 is 0 Å². The standard InChI is InChI=1S/C15H22N2O.C14H22N2O2S.2C14H21N.C13H19NO/c1-12(2)17-10-9-16(13(3)18)11-15(17)14-7-5-4-6-8-14;1-12(2)16-10-9-15(19(3,17)18)11-14(16)13-7-5-4-6-8-13;2*1-12(2)15-11-7-6-10-14(15)13-8-4-3-5-9-13;1-11(2)14-8-9-15-10-13(14)12-6-4-3-5-7-12/h4-8,12,15H,9-11H2,1-3H3;4-8,12,14H,9-11H2,1-3H3;2*3-5,8-9,12,14H,6-7,10-11H2,1-2H3;3-7,11,13H,8-10H2,1-2H3/t15-;3*14-;13-/m00000/s1. The molecule has 0 aromatic heterocycles. The normalized spacial score (nSPS) is 22.7. The van der Waals surface area contributed by atoms with Crippen LogP contribution in [0.15, 0.2) is 152 Å². The van der Waals surface area contributed by atoms with Crippen LogP contribution in [0.3, 0.4) is 0 Å². The number of hydrogen-bond acceptors (Lipinski definition) is 9. The van der Waals surface area contributed by atoms with E-state index in [0.717, 1.165) is 45.9 Å². The van der Waals surface area contributed by atoms with Crippen LogP contribution in [0.25, 0.3) is 0 Å². The highest BCUT2D eigenvalue weighted by Crippen LogP contribution is 2.34. The number of piperazine rings is 2. The molecular formula is C70H105N7O4S. The Hall–Kier alpha value is -4.76. The zero-order valence-electron chi connectivity index (χ0n) is 52.4. The van der Waals surface area contributed by atoms with Crippen molar-refractivity contribution in [2.45, 2.75) is 175 Å². The quantitative estimate of drug-likeness (QED) is 0.128. The van der Waals surface area contributed by atoms with Gasteiger partial charge in [0.2, 0.25) is 15.9 Å². The second kappa shape index (κ2) is 33.7. The van der Waals surface area contributed by atoms with Crippen LogP contribution in [0.4, 0.5) is 0 Å². The van der Waals surface area contributed by atoms with Gasteiger partial charge in [0.05, 0.1) is 31.6 Å². The number of amides is 1. The van der Waals surface area contributed by atoms with Gasteiger partial charge in [-0.25, -0.2) is 8.42 Å². The number of rotatable bonds is 11. The lowest BCUT2D eigenvalue weighted by Gasteiger charge is -2.43. The molecule has 82 heavy (non-hydrogen) atoms. The Labute approximate surface area is 498 Å². The number of sulfonamides is 1. The Bertz CT molecular complexity index is 2490. The Kier molecular flexibility index (Phi) is 27.2. The van der Waals surface area contributed by atoms with Crippen molar-refractivity contribution in [1.29, 1.82) is 0 Å². The fourth-order valence-electron chi connectivity index (χ4n) is 12.7. The summed E-state index contributed by atoms with van der Waals surface area (Å²) in [7, 11) is -3.11. The van der Waals surface area contributed by atoms with E-state index in [1.54, 1.807) is 11.2 Å². The van der Waals surface area contributed by atoms with Crippen molar-refractivity contribution in [3.05, 3.63) is 179 Å². The fourth-order valence-corrected chi connectivity index (χ4v) is 13.6. The van der Waals surface area contributed by atoms with Crippen LogP contribution >= 0.6 is 0 Å². The molecule has 5 fully saturated rings. The Morgan fingerprint density at radius 2 is 0.720 bits per heavy atom. The molecule has 5 aliphatic rings. The van der Waals surface area contributed by atoms with Gasteiger partial charge in [-0.1, -0.05) is 165 Å². The molecule has 0 bridgehead atoms. The molecule has 11 nitrogen and oxygen atoms in total. The van der Waals surface area contributed by atoms with Crippen LogP contribution in [0.5, 0.6) is 0 Å². The summed E-state index contributed by atoms with van der Waals surface area (Å²) in [5, 5.41) is 0. The number of nitrogens with zero attached hydrogens (tertiary/aromatic N) is 7. The largest absolute Gasteiger partial charge is 0.378 e. The SMILES string of the molecule is CC(=O)N1CCN(C(C)C)[C@H](c2ccccc2)C1.CC(C)N1CCCC[C@H]1c1ccccc1.CC(C)N1CCCC[C@H]1c1ccccc1.CC(C)N1CCN(S(C)(=O)=O)C[C@H]1c1ccccc1.CC(C)N1CCOC[C@H]1c1ccccc1. The van der Waals surface area contributed by atoms with Gasteiger partial charge >= 0.3 is 0 Å². The Balaban J connectivity index is 0.000000165. The smallest absolute Gasteiger partial charge is 0.219 e. The van der Waals surface area contributed by atoms with Gasteiger partial charge in [-0.15, -0.1) is 0 Å². The maximum absolute atomic E-state index is 11.7. The summed E-state index contributed by atoms with van der Waals surface area (Å²) < 4.78 is 30.7. The monoisotopic (exact) mass is 1140 g/mol. The van der Waals surface area contributed by atoms with Gasteiger partial charge in [-0.05, 0) is 136 Å². The van der Waals surface area contributed by atoms with E-state index in [2.05, 4.69) is 221 Å². The molecule has 5 saturated heterocycles. The van der Waals surface area contributed by atoms with Crippen molar-refractivity contribution in [2.24, 2.45) is 0 Å². The molecule has 0 spiro atoms. The van der Waals surface area contributed by atoms with E-state index >= 15 is 0 Å². The van der Waals surface area contributed by atoms with Gasteiger partial charge in [-0.2, -0.15) is 4.31 Å². The molecule has 5 aliphatic heterocycles. The minimum atomic E-state index is -3.11. The van der Waals surface area contributed by atoms with Gasteiger partial charge in [0, 0.05) is 101 Å². The number of benzene rings is 5. The first-order chi connectivity index (χ1) is 39.3. The average Bonchev–Trinajstić information content (AvgIpc) is 3.69. The number of hydrogen-bond donors (Lipinski definition) is 0. The molecule has 0 radical (unpaired) electrons. The Morgan fingerprint density at radius 3 is 1.07 bits per heavy atom. The molecule has 5 aromatic rings. The topological polar surface area (TPSA) is 83.1 Å². The fraction of sp³-hybridized carbons (Fsp3) is 0.557. The zero-order valence-corrected chi connectivity index (χ0v) is 53.2. The van der Waals surface area contributed by atoms with Gasteiger partial charge in [0.25, 0.3) is 0 Å². The number of carbonyl (C=O) groups excluding carboxylic acids is 1. The third-order valence-corrected chi connectivity index (χ3v) is 18.5. The second-order valence-electron chi connectivity index (χ2n) is 24.4. The van der Waals surface area contributed by atoms with E-state index < -0.39 is 10.0 Å². The third-order valence-electron chi connectivity index (χ3n) is 17.2. The van der Waals surface area contributed by atoms with E-state index in [1.807, 2.05) is 29.2 Å². The van der Waals surface area contributed by atoms with E-state index in [0.29, 0.717) is 67.5 Å². The highest BCUT2D eigenvalue weighted by atomic mass is 32.2. The molecule has 0 saturated carbocycles. The predicted molar refractivity (Wildman–Crippen MR) is 342 cm³/mol. The molecule has 5 heterocycles. The van der Waals surface area contributed by atoms with Crippen LogP contribution in [0.1, 0.15) is 173 Å². The van der Waals surface area contributed by atoms with E-state index in [-0.39, 0.29) is 11.9 Å². The summed E-state index contributed by atoms with van der Waals surface area (Å²) in [5.41, 5.74) is 6.84. The Morgan fingerprint density at radius 1 is 0.402 bits per heavy atom. The van der Waals surface area contributed by atoms with Crippen LogP contribution in [-0.2, 0) is 19.6 Å². The summed E-state index contributed by atoms with van der Waals surface area (Å²) in [6.45, 7) is 33.9. The van der Waals surface area contributed by atoms with Crippen LogP contribution in [0.2, 0.25) is 0 Å². The van der Waals surface area contributed by atoms with Gasteiger partial charge in [0.1, 0.15) is 0 Å². The minimum absolute atomic E-state index is 0.143. The number of ether oxygens (including phenoxy) is 1. The molecule has 10 rings (SSSR count). The first-order valence-corrected chi connectivity index (χ1v) is 33.0. The molecule has 1 amide bonds. The van der Waals surface area contributed by atoms with Crippen molar-refractivity contribution < 1.29 is 17.9 Å². The van der Waals surface area contributed by atoms with Crippen molar-refractivity contribution in [3.8, 4) is 0 Å². The van der Waals surface area contributed by atoms with Gasteiger partial charge in [0.15, 0.2) is 0 Å². The van der Waals surface area contributed by atoms with Crippen LogP contribution in [0, 0.1) is 0 Å².